The van der Waals surface area contributed by atoms with Crippen LogP contribution in [0.2, 0.25) is 0 Å². The quantitative estimate of drug-likeness (QED) is 0.500. The zero-order valence-corrected chi connectivity index (χ0v) is 16.1. The minimum atomic E-state index is -0.680. The van der Waals surface area contributed by atoms with Gasteiger partial charge in [-0.15, -0.1) is 0 Å². The molecule has 5 nitrogen and oxygen atoms in total. The molecule has 3 rings (SSSR count). The molecule has 3 aromatic carbocycles. The minimum Gasteiger partial charge on any atom is -0.467 e. The number of nitrogens with one attached hydrogen (secondary N) is 1. The summed E-state index contributed by atoms with van der Waals surface area (Å²) in [6.07, 6.45) is 1.26. The van der Waals surface area contributed by atoms with E-state index in [2.05, 4.69) is 5.32 Å². The first-order valence-corrected chi connectivity index (χ1v) is 9.31. The lowest BCUT2D eigenvalue weighted by molar-refractivity contribution is -0.143. The molecule has 0 heterocycles. The molecule has 144 valence electrons. The van der Waals surface area contributed by atoms with E-state index in [1.165, 1.54) is 7.11 Å². The van der Waals surface area contributed by atoms with Crippen LogP contribution in [0.3, 0.4) is 0 Å². The van der Waals surface area contributed by atoms with Gasteiger partial charge in [0.2, 0.25) is 0 Å². The number of fused-ring (bicyclic) bond motifs is 1. The molecule has 0 saturated heterocycles. The molecule has 3 N–H and O–H groups in total. The Kier molecular flexibility index (Phi) is 5.94. The summed E-state index contributed by atoms with van der Waals surface area (Å²) >= 11 is 0. The number of esters is 1. The van der Waals surface area contributed by atoms with E-state index in [1.807, 2.05) is 49.4 Å². The summed E-state index contributed by atoms with van der Waals surface area (Å²) in [4.78, 5) is 25.0. The van der Waals surface area contributed by atoms with Crippen LogP contribution in [-0.4, -0.2) is 25.0 Å². The van der Waals surface area contributed by atoms with Crippen molar-refractivity contribution in [2.24, 2.45) is 0 Å². The molecular weight excluding hydrogens is 352 g/mol. The third-order valence-corrected chi connectivity index (χ3v) is 4.74. The van der Waals surface area contributed by atoms with Crippen LogP contribution in [0.4, 0.5) is 5.69 Å². The molecule has 1 atom stereocenters. The lowest BCUT2D eigenvalue weighted by atomic mass is 9.93. The Labute approximate surface area is 164 Å². The number of amides is 1. The van der Waals surface area contributed by atoms with Gasteiger partial charge in [-0.1, -0.05) is 55.8 Å². The molecule has 3 aromatic rings. The Bertz CT molecular complexity index is 1010. The number of hydrogen-bond acceptors (Lipinski definition) is 4. The number of anilines is 1. The zero-order chi connectivity index (χ0) is 20.1. The van der Waals surface area contributed by atoms with Crippen molar-refractivity contribution in [1.82, 2.24) is 5.32 Å². The number of methoxy groups -OCH3 is 1. The smallest absolute Gasteiger partial charge is 0.328 e. The summed E-state index contributed by atoms with van der Waals surface area (Å²) in [5.41, 5.74) is 8.71. The van der Waals surface area contributed by atoms with Crippen molar-refractivity contribution in [3.05, 3.63) is 66.2 Å². The summed E-state index contributed by atoms with van der Waals surface area (Å²) in [5.74, 6) is -0.774. The number of nitrogen functional groups attached to an aromatic ring is 1. The molecule has 1 amide bonds. The first-order valence-electron chi connectivity index (χ1n) is 9.31. The third-order valence-electron chi connectivity index (χ3n) is 4.74. The number of hydrogen-bond donors (Lipinski definition) is 2. The van der Waals surface area contributed by atoms with Gasteiger partial charge in [-0.05, 0) is 46.5 Å². The standard InChI is InChI=1S/C23H24N2O3/c1-3-7-21(23(27)28-2)25-22(26)19-13-12-16(24)14-20(19)18-11-6-9-15-8-4-5-10-17(15)18/h4-6,8-14,21H,3,7,24H2,1-2H3,(H,25,26)/t21-/m1/s1. The van der Waals surface area contributed by atoms with Gasteiger partial charge in [-0.25, -0.2) is 4.79 Å². The largest absolute Gasteiger partial charge is 0.467 e. The lowest BCUT2D eigenvalue weighted by Crippen LogP contribution is -2.41. The SMILES string of the molecule is CCC[C@@H](NC(=O)c1ccc(N)cc1-c1cccc2ccccc12)C(=O)OC. The summed E-state index contributed by atoms with van der Waals surface area (Å²) in [7, 11) is 1.32. The molecule has 5 heteroatoms. The lowest BCUT2D eigenvalue weighted by Gasteiger charge is -2.18. The van der Waals surface area contributed by atoms with E-state index in [9.17, 15) is 9.59 Å². The predicted molar refractivity (Wildman–Crippen MR) is 112 cm³/mol. The van der Waals surface area contributed by atoms with Gasteiger partial charge in [0.25, 0.3) is 5.91 Å². The highest BCUT2D eigenvalue weighted by molar-refractivity contribution is 6.07. The molecular formula is C23H24N2O3. The highest BCUT2D eigenvalue weighted by atomic mass is 16.5. The van der Waals surface area contributed by atoms with Gasteiger partial charge in [0.15, 0.2) is 0 Å². The second kappa shape index (κ2) is 8.57. The Morgan fingerprint density at radius 2 is 1.79 bits per heavy atom. The van der Waals surface area contributed by atoms with Gasteiger partial charge in [0.05, 0.1) is 7.11 Å². The maximum Gasteiger partial charge on any atom is 0.328 e. The first-order chi connectivity index (χ1) is 13.5. The van der Waals surface area contributed by atoms with Crippen molar-refractivity contribution in [1.29, 1.82) is 0 Å². The number of carbonyl (C=O) groups is 2. The van der Waals surface area contributed by atoms with E-state index in [1.54, 1.807) is 18.2 Å². The summed E-state index contributed by atoms with van der Waals surface area (Å²) in [6.45, 7) is 1.95. The minimum absolute atomic E-state index is 0.327. The van der Waals surface area contributed by atoms with Crippen molar-refractivity contribution in [2.75, 3.05) is 12.8 Å². The number of carbonyl (C=O) groups excluding carboxylic acids is 2. The Morgan fingerprint density at radius 3 is 2.54 bits per heavy atom. The molecule has 0 unspecified atom stereocenters. The average Bonchev–Trinajstić information content (AvgIpc) is 2.72. The highest BCUT2D eigenvalue weighted by Gasteiger charge is 2.23. The summed E-state index contributed by atoms with van der Waals surface area (Å²) in [5, 5.41) is 4.91. The van der Waals surface area contributed by atoms with Crippen LogP contribution >= 0.6 is 0 Å². The molecule has 0 fully saturated rings. The van der Waals surface area contributed by atoms with Crippen LogP contribution in [0.25, 0.3) is 21.9 Å². The first kappa shape index (κ1) is 19.4. The third kappa shape index (κ3) is 3.98. The topological polar surface area (TPSA) is 81.4 Å². The number of ether oxygens (including phenoxy) is 1. The fourth-order valence-electron chi connectivity index (χ4n) is 3.36. The maximum absolute atomic E-state index is 13.0. The van der Waals surface area contributed by atoms with Gasteiger partial charge in [-0.3, -0.25) is 4.79 Å². The number of rotatable bonds is 6. The van der Waals surface area contributed by atoms with E-state index in [0.717, 1.165) is 28.3 Å². The molecule has 0 bridgehead atoms. The van der Waals surface area contributed by atoms with Crippen molar-refractivity contribution in [3.8, 4) is 11.1 Å². The number of nitrogens with two attached hydrogens (primary N) is 1. The Balaban J connectivity index is 2.06. The van der Waals surface area contributed by atoms with E-state index >= 15 is 0 Å². The van der Waals surface area contributed by atoms with Crippen LogP contribution in [0, 0.1) is 0 Å². The molecule has 0 saturated carbocycles. The second-order valence-electron chi connectivity index (χ2n) is 6.67. The Morgan fingerprint density at radius 1 is 1.04 bits per heavy atom. The molecule has 0 radical (unpaired) electrons. The van der Waals surface area contributed by atoms with Crippen LogP contribution in [0.5, 0.6) is 0 Å². The highest BCUT2D eigenvalue weighted by Crippen LogP contribution is 2.32. The second-order valence-corrected chi connectivity index (χ2v) is 6.67. The van der Waals surface area contributed by atoms with Crippen molar-refractivity contribution in [2.45, 2.75) is 25.8 Å². The van der Waals surface area contributed by atoms with E-state index in [-0.39, 0.29) is 5.91 Å². The van der Waals surface area contributed by atoms with Gasteiger partial charge in [0.1, 0.15) is 6.04 Å². The molecule has 0 aromatic heterocycles. The normalized spacial score (nSPS) is 11.8. The average molecular weight is 376 g/mol. The fraction of sp³-hybridized carbons (Fsp3) is 0.217. The fourth-order valence-corrected chi connectivity index (χ4v) is 3.36. The van der Waals surface area contributed by atoms with Crippen LogP contribution in [0.1, 0.15) is 30.1 Å². The molecule has 0 aliphatic carbocycles. The molecule has 0 aliphatic rings. The van der Waals surface area contributed by atoms with Gasteiger partial charge < -0.3 is 15.8 Å². The van der Waals surface area contributed by atoms with Crippen molar-refractivity contribution in [3.63, 3.8) is 0 Å². The molecule has 0 spiro atoms. The van der Waals surface area contributed by atoms with Crippen LogP contribution in [0.15, 0.2) is 60.7 Å². The number of benzene rings is 3. The predicted octanol–water partition coefficient (Wildman–Crippen LogP) is 4.16. The Hall–Kier alpha value is -3.34. The summed E-state index contributed by atoms with van der Waals surface area (Å²) < 4.78 is 4.82. The monoisotopic (exact) mass is 376 g/mol. The van der Waals surface area contributed by atoms with E-state index < -0.39 is 12.0 Å². The van der Waals surface area contributed by atoms with Gasteiger partial charge in [-0.2, -0.15) is 0 Å². The maximum atomic E-state index is 13.0. The van der Waals surface area contributed by atoms with Crippen LogP contribution in [-0.2, 0) is 9.53 Å². The van der Waals surface area contributed by atoms with E-state index in [4.69, 9.17) is 10.5 Å². The van der Waals surface area contributed by atoms with Crippen molar-refractivity contribution < 1.29 is 14.3 Å². The molecule has 0 aliphatic heterocycles. The van der Waals surface area contributed by atoms with Gasteiger partial charge >= 0.3 is 5.97 Å². The van der Waals surface area contributed by atoms with Crippen molar-refractivity contribution >= 4 is 28.3 Å². The van der Waals surface area contributed by atoms with E-state index in [0.29, 0.717) is 17.7 Å². The zero-order valence-electron chi connectivity index (χ0n) is 16.1. The van der Waals surface area contributed by atoms with Gasteiger partial charge in [0, 0.05) is 11.3 Å². The van der Waals surface area contributed by atoms with Crippen LogP contribution < -0.4 is 11.1 Å². The molecule has 28 heavy (non-hydrogen) atoms. The summed E-state index contributed by atoms with van der Waals surface area (Å²) in [6, 6.07) is 18.4.